The third-order valence-electron chi connectivity index (χ3n) is 6.25. The van der Waals surface area contributed by atoms with Gasteiger partial charge in [0.05, 0.1) is 6.04 Å². The maximum Gasteiger partial charge on any atom is 0.221 e. The number of nitrogens with zero attached hydrogens (tertiary/aromatic N) is 2. The predicted molar refractivity (Wildman–Crippen MR) is 101 cm³/mol. The van der Waals surface area contributed by atoms with Crippen LogP contribution in [0.3, 0.4) is 0 Å². The van der Waals surface area contributed by atoms with E-state index in [0.717, 1.165) is 38.5 Å². The van der Waals surface area contributed by atoms with Gasteiger partial charge in [0.25, 0.3) is 0 Å². The molecule has 1 aliphatic carbocycles. The first-order valence-electron chi connectivity index (χ1n) is 10.1. The van der Waals surface area contributed by atoms with E-state index >= 15 is 0 Å². The highest BCUT2D eigenvalue weighted by Crippen LogP contribution is 2.29. The Hall–Kier alpha value is -1.39. The van der Waals surface area contributed by atoms with Crippen LogP contribution in [0.5, 0.6) is 0 Å². The molecule has 0 aromatic heterocycles. The molecule has 1 aromatic rings. The molecule has 0 unspecified atom stereocenters. The number of rotatable bonds is 4. The van der Waals surface area contributed by atoms with Gasteiger partial charge in [0.15, 0.2) is 0 Å². The average Bonchev–Trinajstić information content (AvgIpc) is 2.98. The summed E-state index contributed by atoms with van der Waals surface area (Å²) in [7, 11) is 0. The van der Waals surface area contributed by atoms with Crippen LogP contribution in [-0.4, -0.2) is 54.5 Å². The molecule has 4 rings (SSSR count). The van der Waals surface area contributed by atoms with Gasteiger partial charge in [-0.05, 0) is 69.3 Å². The molecule has 0 saturated carbocycles. The molecule has 0 bridgehead atoms. The van der Waals surface area contributed by atoms with Crippen LogP contribution in [-0.2, 0) is 11.2 Å². The molecule has 25 heavy (non-hydrogen) atoms. The second-order valence-electron chi connectivity index (χ2n) is 7.95. The van der Waals surface area contributed by atoms with Crippen molar-refractivity contribution in [3.63, 3.8) is 0 Å². The van der Waals surface area contributed by atoms with E-state index in [1.807, 2.05) is 0 Å². The Morgan fingerprint density at radius 3 is 2.92 bits per heavy atom. The van der Waals surface area contributed by atoms with Crippen LogP contribution in [0.25, 0.3) is 0 Å². The quantitative estimate of drug-likeness (QED) is 0.915. The SMILES string of the molecule is O=C(CCN1CCCN2CCC[C@H]2C1)N[C@H]1CCCc2ccccc21. The maximum atomic E-state index is 12.5. The Kier molecular flexibility index (Phi) is 5.37. The fraction of sp³-hybridized carbons (Fsp3) is 0.667. The molecule has 2 heterocycles. The van der Waals surface area contributed by atoms with Crippen molar-refractivity contribution in [3.8, 4) is 0 Å². The van der Waals surface area contributed by atoms with Crippen LogP contribution in [0.2, 0.25) is 0 Å². The summed E-state index contributed by atoms with van der Waals surface area (Å²) < 4.78 is 0. The first-order chi connectivity index (χ1) is 12.3. The zero-order chi connectivity index (χ0) is 17.1. The molecule has 1 aromatic carbocycles. The molecule has 4 heteroatoms. The molecule has 0 radical (unpaired) electrons. The van der Waals surface area contributed by atoms with Crippen LogP contribution in [0.4, 0.5) is 0 Å². The van der Waals surface area contributed by atoms with Gasteiger partial charge in [-0.1, -0.05) is 24.3 Å². The molecule has 2 aliphatic heterocycles. The van der Waals surface area contributed by atoms with Gasteiger partial charge in [0, 0.05) is 25.6 Å². The van der Waals surface area contributed by atoms with Crippen LogP contribution >= 0.6 is 0 Å². The number of hydrogen-bond donors (Lipinski definition) is 1. The van der Waals surface area contributed by atoms with Gasteiger partial charge in [0.2, 0.25) is 5.91 Å². The number of fused-ring (bicyclic) bond motifs is 2. The first-order valence-corrected chi connectivity index (χ1v) is 10.1. The molecule has 1 N–H and O–H groups in total. The summed E-state index contributed by atoms with van der Waals surface area (Å²) in [6.07, 6.45) is 7.95. The van der Waals surface area contributed by atoms with Crippen molar-refractivity contribution in [2.45, 2.75) is 57.0 Å². The number of nitrogens with one attached hydrogen (secondary N) is 1. The van der Waals surface area contributed by atoms with E-state index in [1.165, 1.54) is 49.9 Å². The largest absolute Gasteiger partial charge is 0.349 e. The molecule has 2 fully saturated rings. The van der Waals surface area contributed by atoms with Crippen molar-refractivity contribution in [1.29, 1.82) is 0 Å². The number of amides is 1. The van der Waals surface area contributed by atoms with Crippen LogP contribution in [0.1, 0.15) is 55.7 Å². The fourth-order valence-electron chi connectivity index (χ4n) is 4.92. The topological polar surface area (TPSA) is 35.6 Å². The Labute approximate surface area is 151 Å². The summed E-state index contributed by atoms with van der Waals surface area (Å²) in [5.41, 5.74) is 2.74. The number of benzene rings is 1. The second-order valence-corrected chi connectivity index (χ2v) is 7.95. The molecule has 136 valence electrons. The number of aryl methyl sites for hydroxylation is 1. The summed E-state index contributed by atoms with van der Waals surface area (Å²) in [6.45, 7) is 5.73. The molecular weight excluding hydrogens is 310 g/mol. The lowest BCUT2D eigenvalue weighted by atomic mass is 9.87. The van der Waals surface area contributed by atoms with Crippen molar-refractivity contribution in [1.82, 2.24) is 15.1 Å². The monoisotopic (exact) mass is 341 g/mol. The van der Waals surface area contributed by atoms with Crippen molar-refractivity contribution in [3.05, 3.63) is 35.4 Å². The minimum atomic E-state index is 0.215. The predicted octanol–water partition coefficient (Wildman–Crippen LogP) is 2.74. The van der Waals surface area contributed by atoms with Crippen LogP contribution < -0.4 is 5.32 Å². The highest BCUT2D eigenvalue weighted by molar-refractivity contribution is 5.76. The minimum Gasteiger partial charge on any atom is -0.349 e. The van der Waals surface area contributed by atoms with Gasteiger partial charge in [0.1, 0.15) is 0 Å². The van der Waals surface area contributed by atoms with Gasteiger partial charge >= 0.3 is 0 Å². The molecule has 2 atom stereocenters. The van der Waals surface area contributed by atoms with Gasteiger partial charge < -0.3 is 10.2 Å². The van der Waals surface area contributed by atoms with Gasteiger partial charge in [-0.25, -0.2) is 0 Å². The van der Waals surface area contributed by atoms with Gasteiger partial charge in [-0.3, -0.25) is 9.69 Å². The van der Waals surface area contributed by atoms with Crippen LogP contribution in [0.15, 0.2) is 24.3 Å². The van der Waals surface area contributed by atoms with E-state index in [1.54, 1.807) is 0 Å². The normalized spacial score (nSPS) is 27.4. The fourth-order valence-corrected chi connectivity index (χ4v) is 4.92. The molecule has 3 aliphatic rings. The van der Waals surface area contributed by atoms with E-state index in [2.05, 4.69) is 39.4 Å². The summed E-state index contributed by atoms with van der Waals surface area (Å²) in [5.74, 6) is 0.217. The van der Waals surface area contributed by atoms with E-state index in [4.69, 9.17) is 0 Å². The van der Waals surface area contributed by atoms with Gasteiger partial charge in [-0.15, -0.1) is 0 Å². The van der Waals surface area contributed by atoms with E-state index in [0.29, 0.717) is 6.42 Å². The van der Waals surface area contributed by atoms with Crippen molar-refractivity contribution in [2.75, 3.05) is 32.7 Å². The van der Waals surface area contributed by atoms with Gasteiger partial charge in [-0.2, -0.15) is 0 Å². The Morgan fingerprint density at radius 1 is 1.08 bits per heavy atom. The zero-order valence-electron chi connectivity index (χ0n) is 15.3. The first kappa shape index (κ1) is 17.0. The summed E-state index contributed by atoms with van der Waals surface area (Å²) in [4.78, 5) is 17.7. The molecular formula is C21H31N3O. The average molecular weight is 341 g/mol. The molecule has 1 amide bonds. The Balaban J connectivity index is 1.28. The van der Waals surface area contributed by atoms with E-state index in [-0.39, 0.29) is 11.9 Å². The lowest BCUT2D eigenvalue weighted by Crippen LogP contribution is -2.39. The molecule has 4 nitrogen and oxygen atoms in total. The molecule has 2 saturated heterocycles. The van der Waals surface area contributed by atoms with E-state index < -0.39 is 0 Å². The van der Waals surface area contributed by atoms with Crippen molar-refractivity contribution >= 4 is 5.91 Å². The highest BCUT2D eigenvalue weighted by atomic mass is 16.1. The summed E-state index contributed by atoms with van der Waals surface area (Å²) >= 11 is 0. The van der Waals surface area contributed by atoms with E-state index in [9.17, 15) is 4.79 Å². The minimum absolute atomic E-state index is 0.215. The zero-order valence-corrected chi connectivity index (χ0v) is 15.3. The third-order valence-corrected chi connectivity index (χ3v) is 6.25. The highest BCUT2D eigenvalue weighted by Gasteiger charge is 2.29. The third kappa shape index (κ3) is 4.06. The second kappa shape index (κ2) is 7.88. The number of carbonyl (C=O) groups excluding carboxylic acids is 1. The summed E-state index contributed by atoms with van der Waals surface area (Å²) in [6, 6.07) is 9.53. The Bertz CT molecular complexity index is 603. The molecule has 0 spiro atoms. The van der Waals surface area contributed by atoms with Crippen molar-refractivity contribution < 1.29 is 4.79 Å². The Morgan fingerprint density at radius 2 is 1.96 bits per heavy atom. The lowest BCUT2D eigenvalue weighted by molar-refractivity contribution is -0.122. The van der Waals surface area contributed by atoms with Crippen LogP contribution in [0, 0.1) is 0 Å². The number of hydrogen-bond acceptors (Lipinski definition) is 3. The lowest BCUT2D eigenvalue weighted by Gasteiger charge is -2.28. The number of carbonyl (C=O) groups is 1. The van der Waals surface area contributed by atoms with Crippen molar-refractivity contribution in [2.24, 2.45) is 0 Å². The smallest absolute Gasteiger partial charge is 0.221 e. The maximum absolute atomic E-state index is 12.5. The standard InChI is InChI=1S/C21H31N3O/c25-21(22-20-10-3-7-17-6-1-2-9-19(17)20)11-15-23-12-5-14-24-13-4-8-18(24)16-23/h1-2,6,9,18,20H,3-5,7-8,10-16H2,(H,22,25)/t18-,20-/m0/s1. The summed E-state index contributed by atoms with van der Waals surface area (Å²) in [5, 5.41) is 3.30.